The van der Waals surface area contributed by atoms with E-state index in [1.54, 1.807) is 23.7 Å². The van der Waals surface area contributed by atoms with Crippen molar-refractivity contribution in [2.75, 3.05) is 16.4 Å². The van der Waals surface area contributed by atoms with Gasteiger partial charge in [-0.2, -0.15) is 0 Å². The highest BCUT2D eigenvalue weighted by Crippen LogP contribution is 2.26. The van der Waals surface area contributed by atoms with Crippen molar-refractivity contribution in [3.63, 3.8) is 0 Å². The molecule has 1 aromatic carbocycles. The van der Waals surface area contributed by atoms with Gasteiger partial charge in [-0.15, -0.1) is 21.5 Å². The summed E-state index contributed by atoms with van der Waals surface area (Å²) in [6, 6.07) is 7.28. The monoisotopic (exact) mass is 503 g/mol. The van der Waals surface area contributed by atoms with Crippen molar-refractivity contribution in [3.8, 4) is 0 Å². The number of carbonyl (C=O) groups is 2. The van der Waals surface area contributed by atoms with Crippen molar-refractivity contribution in [2.45, 2.75) is 4.34 Å². The molecular weight excluding hydrogens is 493 g/mol. The lowest BCUT2D eigenvalue weighted by Crippen LogP contribution is -2.13. The van der Waals surface area contributed by atoms with E-state index in [1.165, 1.54) is 34.4 Å². The molecule has 0 radical (unpaired) electrons. The highest BCUT2D eigenvalue weighted by molar-refractivity contribution is 14.1. The molecule has 2 N–H and O–H groups in total. The molecule has 0 spiro atoms. The Morgan fingerprint density at radius 1 is 1.16 bits per heavy atom. The fourth-order valence-corrected chi connectivity index (χ4v) is 4.42. The molecule has 2 heterocycles. The van der Waals surface area contributed by atoms with E-state index in [9.17, 15) is 9.59 Å². The number of benzene rings is 1. The Morgan fingerprint density at radius 3 is 2.76 bits per heavy atom. The lowest BCUT2D eigenvalue weighted by molar-refractivity contribution is -0.113. The largest absolute Gasteiger partial charge is 0.301 e. The summed E-state index contributed by atoms with van der Waals surface area (Å²) in [4.78, 5) is 28.0. The molecule has 25 heavy (non-hydrogen) atoms. The Morgan fingerprint density at radius 2 is 2.00 bits per heavy atom. The molecule has 0 aliphatic rings. The number of amides is 2. The number of anilines is 2. The van der Waals surface area contributed by atoms with Crippen LogP contribution in [0.15, 0.2) is 40.2 Å². The van der Waals surface area contributed by atoms with Gasteiger partial charge in [0, 0.05) is 15.1 Å². The SMILES string of the molecule is O=C(CSc1nnc(NC(=O)c2ccccc2I)s1)Nc1nccs1. The molecule has 128 valence electrons. The van der Waals surface area contributed by atoms with Crippen LogP contribution in [0.3, 0.4) is 0 Å². The lowest BCUT2D eigenvalue weighted by Gasteiger charge is -2.02. The predicted octanol–water partition coefficient (Wildman–Crippen LogP) is 3.58. The highest BCUT2D eigenvalue weighted by atomic mass is 127. The van der Waals surface area contributed by atoms with Crippen molar-refractivity contribution in [2.24, 2.45) is 0 Å². The van der Waals surface area contributed by atoms with Gasteiger partial charge in [0.15, 0.2) is 9.47 Å². The van der Waals surface area contributed by atoms with Crippen LogP contribution in [-0.2, 0) is 4.79 Å². The van der Waals surface area contributed by atoms with Gasteiger partial charge in [-0.1, -0.05) is 35.2 Å². The first-order valence-electron chi connectivity index (χ1n) is 6.83. The van der Waals surface area contributed by atoms with Gasteiger partial charge in [0.1, 0.15) is 0 Å². The van der Waals surface area contributed by atoms with Crippen molar-refractivity contribution < 1.29 is 9.59 Å². The van der Waals surface area contributed by atoms with Crippen LogP contribution < -0.4 is 10.6 Å². The molecule has 0 bridgehead atoms. The van der Waals surface area contributed by atoms with E-state index < -0.39 is 0 Å². The van der Waals surface area contributed by atoms with E-state index in [0.29, 0.717) is 20.2 Å². The number of rotatable bonds is 6. The molecule has 0 saturated carbocycles. The van der Waals surface area contributed by atoms with E-state index in [0.717, 1.165) is 3.57 Å². The van der Waals surface area contributed by atoms with E-state index in [4.69, 9.17) is 0 Å². The molecule has 0 atom stereocenters. The van der Waals surface area contributed by atoms with Gasteiger partial charge in [-0.05, 0) is 34.7 Å². The zero-order valence-corrected chi connectivity index (χ0v) is 17.0. The molecule has 0 unspecified atom stereocenters. The quantitative estimate of drug-likeness (QED) is 0.303. The molecule has 0 saturated heterocycles. The maximum absolute atomic E-state index is 12.2. The minimum Gasteiger partial charge on any atom is -0.301 e. The van der Waals surface area contributed by atoms with Crippen LogP contribution >= 0.6 is 57.0 Å². The third-order valence-corrected chi connectivity index (χ3v) is 6.35. The minimum absolute atomic E-state index is 0.167. The van der Waals surface area contributed by atoms with Gasteiger partial charge in [0.2, 0.25) is 11.0 Å². The van der Waals surface area contributed by atoms with Crippen molar-refractivity contribution in [1.82, 2.24) is 15.2 Å². The molecule has 0 aliphatic heterocycles. The Hall–Kier alpha value is -1.57. The van der Waals surface area contributed by atoms with Crippen LogP contribution in [0.1, 0.15) is 10.4 Å². The highest BCUT2D eigenvalue weighted by Gasteiger charge is 2.13. The molecule has 0 aliphatic carbocycles. The summed E-state index contributed by atoms with van der Waals surface area (Å²) in [6.07, 6.45) is 1.63. The second kappa shape index (κ2) is 8.69. The van der Waals surface area contributed by atoms with Crippen molar-refractivity contribution >= 4 is 79.1 Å². The third-order valence-electron chi connectivity index (χ3n) is 2.75. The number of aromatic nitrogens is 3. The summed E-state index contributed by atoms with van der Waals surface area (Å²) in [5, 5.41) is 16.1. The van der Waals surface area contributed by atoms with Crippen LogP contribution in [0, 0.1) is 3.57 Å². The molecule has 2 amide bonds. The van der Waals surface area contributed by atoms with Crippen molar-refractivity contribution in [3.05, 3.63) is 45.0 Å². The number of hydrogen-bond acceptors (Lipinski definition) is 8. The number of nitrogens with zero attached hydrogens (tertiary/aromatic N) is 3. The van der Waals surface area contributed by atoms with Gasteiger partial charge in [0.25, 0.3) is 5.91 Å². The summed E-state index contributed by atoms with van der Waals surface area (Å²) in [5.41, 5.74) is 0.579. The first-order chi connectivity index (χ1) is 12.1. The standard InChI is InChI=1S/C14H10IN5O2S3/c15-9-4-2-1-3-8(9)11(22)18-13-19-20-14(25-13)24-7-10(21)17-12-16-5-6-23-12/h1-6H,7H2,(H,16,17,21)(H,18,19,22). The Labute approximate surface area is 168 Å². The van der Waals surface area contributed by atoms with E-state index in [1.807, 2.05) is 12.1 Å². The predicted molar refractivity (Wildman–Crippen MR) is 108 cm³/mol. The van der Waals surface area contributed by atoms with Crippen LogP contribution in [0.5, 0.6) is 0 Å². The second-order valence-electron chi connectivity index (χ2n) is 4.48. The maximum atomic E-state index is 12.2. The summed E-state index contributed by atoms with van der Waals surface area (Å²) in [6.45, 7) is 0. The maximum Gasteiger partial charge on any atom is 0.258 e. The fraction of sp³-hybridized carbons (Fsp3) is 0.0714. The van der Waals surface area contributed by atoms with Crippen LogP contribution in [0.25, 0.3) is 0 Å². The molecule has 0 fully saturated rings. The number of carbonyl (C=O) groups excluding carboxylic acids is 2. The van der Waals surface area contributed by atoms with Gasteiger partial charge in [-0.25, -0.2) is 4.98 Å². The van der Waals surface area contributed by atoms with Gasteiger partial charge < -0.3 is 5.32 Å². The molecule has 7 nitrogen and oxygen atoms in total. The zero-order valence-electron chi connectivity index (χ0n) is 12.4. The lowest BCUT2D eigenvalue weighted by atomic mass is 10.2. The minimum atomic E-state index is -0.237. The average Bonchev–Trinajstić information content (AvgIpc) is 3.25. The van der Waals surface area contributed by atoms with E-state index >= 15 is 0 Å². The summed E-state index contributed by atoms with van der Waals surface area (Å²) in [5.74, 6) is -0.211. The normalized spacial score (nSPS) is 10.4. The third kappa shape index (κ3) is 5.20. The fourth-order valence-electron chi connectivity index (χ4n) is 1.70. The first-order valence-corrected chi connectivity index (χ1v) is 10.6. The van der Waals surface area contributed by atoms with Gasteiger partial charge in [-0.3, -0.25) is 14.9 Å². The van der Waals surface area contributed by atoms with Crippen LogP contribution in [0.4, 0.5) is 10.3 Å². The van der Waals surface area contributed by atoms with Gasteiger partial charge >= 0.3 is 0 Å². The molecule has 3 aromatic rings. The molecule has 11 heteroatoms. The summed E-state index contributed by atoms with van der Waals surface area (Å²) < 4.78 is 1.46. The average molecular weight is 503 g/mol. The Balaban J connectivity index is 1.53. The topological polar surface area (TPSA) is 96.9 Å². The molecular formula is C14H10IN5O2S3. The number of hydrogen-bond donors (Lipinski definition) is 2. The summed E-state index contributed by atoms with van der Waals surface area (Å²) in [7, 11) is 0. The number of thioether (sulfide) groups is 1. The smallest absolute Gasteiger partial charge is 0.258 e. The van der Waals surface area contributed by atoms with Crippen molar-refractivity contribution in [1.29, 1.82) is 0 Å². The molecule has 2 aromatic heterocycles. The zero-order chi connectivity index (χ0) is 17.6. The summed E-state index contributed by atoms with van der Waals surface area (Å²) >= 11 is 5.94. The Kier molecular flexibility index (Phi) is 6.34. The van der Waals surface area contributed by atoms with E-state index in [-0.39, 0.29) is 17.6 Å². The first kappa shape index (κ1) is 18.2. The number of nitrogens with one attached hydrogen (secondary N) is 2. The number of thiazole rings is 1. The van der Waals surface area contributed by atoms with Crippen LogP contribution in [-0.4, -0.2) is 32.7 Å². The van der Waals surface area contributed by atoms with Crippen LogP contribution in [0.2, 0.25) is 0 Å². The Bertz CT molecular complexity index is 884. The van der Waals surface area contributed by atoms with E-state index in [2.05, 4.69) is 48.4 Å². The van der Waals surface area contributed by atoms with Gasteiger partial charge in [0.05, 0.1) is 11.3 Å². The molecule has 3 rings (SSSR count). The second-order valence-corrected chi connectivity index (χ2v) is 8.74. The number of halogens is 1.